The molecular formula is C13H17N3O2. The average Bonchev–Trinajstić information content (AvgIpc) is 2.81. The molecule has 0 radical (unpaired) electrons. The van der Waals surface area contributed by atoms with Gasteiger partial charge in [-0.05, 0) is 25.0 Å². The first kappa shape index (κ1) is 11.5. The highest BCUT2D eigenvalue weighted by atomic mass is 16.5. The lowest BCUT2D eigenvalue weighted by atomic mass is 9.90. The number of hydrogen-bond donors (Lipinski definition) is 2. The second kappa shape index (κ2) is 4.59. The lowest BCUT2D eigenvalue weighted by Crippen LogP contribution is -2.49. The summed E-state index contributed by atoms with van der Waals surface area (Å²) in [5, 5.41) is 3.35. The molecule has 3 rings (SSSR count). The van der Waals surface area contributed by atoms with Crippen LogP contribution in [0.2, 0.25) is 0 Å². The summed E-state index contributed by atoms with van der Waals surface area (Å²) in [6.45, 7) is 2.00. The van der Waals surface area contributed by atoms with Gasteiger partial charge in [0.25, 0.3) is 6.01 Å². The van der Waals surface area contributed by atoms with Crippen molar-refractivity contribution in [3.63, 3.8) is 0 Å². The Balaban J connectivity index is 1.85. The van der Waals surface area contributed by atoms with E-state index in [2.05, 4.69) is 10.3 Å². The van der Waals surface area contributed by atoms with Gasteiger partial charge in [-0.3, -0.25) is 0 Å². The van der Waals surface area contributed by atoms with E-state index in [1.807, 2.05) is 24.3 Å². The number of nitrogens with two attached hydrogens (primary N) is 1. The first-order valence-corrected chi connectivity index (χ1v) is 6.23. The Morgan fingerprint density at radius 2 is 2.06 bits per heavy atom. The van der Waals surface area contributed by atoms with E-state index in [1.165, 1.54) is 0 Å². The Hall–Kier alpha value is -1.59. The molecule has 0 atom stereocenters. The van der Waals surface area contributed by atoms with Crippen molar-refractivity contribution in [3.8, 4) is 0 Å². The zero-order valence-electron chi connectivity index (χ0n) is 10.2. The minimum atomic E-state index is -0.154. The Kier molecular flexibility index (Phi) is 2.93. The number of para-hydroxylation sites is 2. The molecule has 0 spiro atoms. The number of benzene rings is 1. The van der Waals surface area contributed by atoms with Gasteiger partial charge in [-0.2, -0.15) is 4.98 Å². The van der Waals surface area contributed by atoms with Gasteiger partial charge in [-0.25, -0.2) is 0 Å². The third-order valence-electron chi connectivity index (χ3n) is 3.51. The van der Waals surface area contributed by atoms with Gasteiger partial charge in [0.05, 0.1) is 5.54 Å². The normalized spacial score (nSPS) is 18.9. The summed E-state index contributed by atoms with van der Waals surface area (Å²) in [7, 11) is 0. The van der Waals surface area contributed by atoms with Gasteiger partial charge in [-0.1, -0.05) is 12.1 Å². The molecule has 0 bridgehead atoms. The van der Waals surface area contributed by atoms with Crippen LogP contribution in [0.3, 0.4) is 0 Å². The fourth-order valence-corrected chi connectivity index (χ4v) is 2.29. The van der Waals surface area contributed by atoms with Crippen LogP contribution in [0.4, 0.5) is 6.01 Å². The Bertz CT molecular complexity index is 499. The van der Waals surface area contributed by atoms with Gasteiger partial charge in [0.15, 0.2) is 5.58 Å². The van der Waals surface area contributed by atoms with Crippen LogP contribution in [0, 0.1) is 0 Å². The second-order valence-electron chi connectivity index (χ2n) is 4.71. The smallest absolute Gasteiger partial charge is 0.296 e. The number of nitrogens with zero attached hydrogens (tertiary/aromatic N) is 1. The molecule has 1 aliphatic heterocycles. The fourth-order valence-electron chi connectivity index (χ4n) is 2.29. The highest BCUT2D eigenvalue weighted by Gasteiger charge is 2.32. The molecule has 18 heavy (non-hydrogen) atoms. The molecule has 1 aromatic heterocycles. The van der Waals surface area contributed by atoms with Crippen LogP contribution in [0.15, 0.2) is 28.7 Å². The first-order valence-electron chi connectivity index (χ1n) is 6.23. The number of fused-ring (bicyclic) bond motifs is 1. The van der Waals surface area contributed by atoms with E-state index in [9.17, 15) is 0 Å². The van der Waals surface area contributed by atoms with Crippen LogP contribution in [0.1, 0.15) is 12.8 Å². The number of rotatable bonds is 3. The van der Waals surface area contributed by atoms with Gasteiger partial charge in [-0.15, -0.1) is 0 Å². The predicted molar refractivity (Wildman–Crippen MR) is 69.5 cm³/mol. The van der Waals surface area contributed by atoms with Crippen molar-refractivity contribution < 1.29 is 9.15 Å². The van der Waals surface area contributed by atoms with Crippen LogP contribution >= 0.6 is 0 Å². The summed E-state index contributed by atoms with van der Waals surface area (Å²) in [6.07, 6.45) is 1.75. The minimum absolute atomic E-state index is 0.154. The second-order valence-corrected chi connectivity index (χ2v) is 4.71. The zero-order chi connectivity index (χ0) is 12.4. The van der Waals surface area contributed by atoms with E-state index in [0.717, 1.165) is 37.2 Å². The molecule has 2 aromatic rings. The predicted octanol–water partition coefficient (Wildman–Crippen LogP) is 1.75. The fraction of sp³-hybridized carbons (Fsp3) is 0.462. The van der Waals surface area contributed by atoms with Gasteiger partial charge in [0, 0.05) is 19.8 Å². The average molecular weight is 247 g/mol. The molecule has 0 saturated carbocycles. The molecule has 1 saturated heterocycles. The lowest BCUT2D eigenvalue weighted by molar-refractivity contribution is 0.0621. The van der Waals surface area contributed by atoms with E-state index in [4.69, 9.17) is 14.9 Å². The topological polar surface area (TPSA) is 73.3 Å². The third-order valence-corrected chi connectivity index (χ3v) is 3.51. The summed E-state index contributed by atoms with van der Waals surface area (Å²) in [4.78, 5) is 4.43. The SMILES string of the molecule is NCC1(Nc2nc3ccccc3o2)CCOCC1. The summed E-state index contributed by atoms with van der Waals surface area (Å²) in [5.74, 6) is 0. The number of ether oxygens (including phenoxy) is 1. The Labute approximate surface area is 105 Å². The van der Waals surface area contributed by atoms with Gasteiger partial charge < -0.3 is 20.2 Å². The molecule has 3 N–H and O–H groups in total. The van der Waals surface area contributed by atoms with E-state index < -0.39 is 0 Å². The highest BCUT2D eigenvalue weighted by Crippen LogP contribution is 2.26. The standard InChI is InChI=1S/C13H17N3O2/c14-9-13(5-7-17-8-6-13)16-12-15-10-3-1-2-4-11(10)18-12/h1-4H,5-9,14H2,(H,15,16). The van der Waals surface area contributed by atoms with Crippen LogP contribution in [-0.2, 0) is 4.74 Å². The number of aromatic nitrogens is 1. The van der Waals surface area contributed by atoms with Crippen LogP contribution in [0.25, 0.3) is 11.1 Å². The van der Waals surface area contributed by atoms with E-state index >= 15 is 0 Å². The maximum Gasteiger partial charge on any atom is 0.296 e. The molecule has 0 aliphatic carbocycles. The van der Waals surface area contributed by atoms with E-state index in [1.54, 1.807) is 0 Å². The zero-order valence-corrected chi connectivity index (χ0v) is 10.2. The van der Waals surface area contributed by atoms with Crippen LogP contribution < -0.4 is 11.1 Å². The molecule has 5 nitrogen and oxygen atoms in total. The molecule has 1 aromatic carbocycles. The quantitative estimate of drug-likeness (QED) is 0.864. The largest absolute Gasteiger partial charge is 0.424 e. The molecule has 0 unspecified atom stereocenters. The Morgan fingerprint density at radius 1 is 1.28 bits per heavy atom. The van der Waals surface area contributed by atoms with Gasteiger partial charge in [0.1, 0.15) is 5.52 Å². The van der Waals surface area contributed by atoms with Crippen molar-refractivity contribution in [2.45, 2.75) is 18.4 Å². The maximum atomic E-state index is 5.89. The van der Waals surface area contributed by atoms with Crippen molar-refractivity contribution in [3.05, 3.63) is 24.3 Å². The Morgan fingerprint density at radius 3 is 2.78 bits per heavy atom. The molecule has 1 aliphatic rings. The number of nitrogens with one attached hydrogen (secondary N) is 1. The summed E-state index contributed by atoms with van der Waals surface area (Å²) >= 11 is 0. The van der Waals surface area contributed by atoms with Crippen molar-refractivity contribution in [1.82, 2.24) is 4.98 Å². The highest BCUT2D eigenvalue weighted by molar-refractivity contribution is 5.74. The molecule has 2 heterocycles. The molecule has 96 valence electrons. The van der Waals surface area contributed by atoms with Crippen LogP contribution in [0.5, 0.6) is 0 Å². The maximum absolute atomic E-state index is 5.89. The monoisotopic (exact) mass is 247 g/mol. The lowest BCUT2D eigenvalue weighted by Gasteiger charge is -2.36. The molecular weight excluding hydrogens is 230 g/mol. The minimum Gasteiger partial charge on any atom is -0.424 e. The van der Waals surface area contributed by atoms with Gasteiger partial charge >= 0.3 is 0 Å². The van der Waals surface area contributed by atoms with Crippen LogP contribution in [-0.4, -0.2) is 30.3 Å². The van der Waals surface area contributed by atoms with Crippen molar-refractivity contribution in [2.24, 2.45) is 5.73 Å². The first-order chi connectivity index (χ1) is 8.81. The summed E-state index contributed by atoms with van der Waals surface area (Å²) in [6, 6.07) is 8.27. The van der Waals surface area contributed by atoms with Crippen molar-refractivity contribution in [1.29, 1.82) is 0 Å². The molecule has 1 fully saturated rings. The number of oxazole rings is 1. The van der Waals surface area contributed by atoms with E-state index in [0.29, 0.717) is 12.6 Å². The molecule has 5 heteroatoms. The summed E-state index contributed by atoms with van der Waals surface area (Å²) in [5.41, 5.74) is 7.39. The van der Waals surface area contributed by atoms with Crippen molar-refractivity contribution in [2.75, 3.05) is 25.1 Å². The van der Waals surface area contributed by atoms with Gasteiger partial charge in [0.2, 0.25) is 0 Å². The van der Waals surface area contributed by atoms with Crippen molar-refractivity contribution >= 4 is 17.1 Å². The number of hydrogen-bond acceptors (Lipinski definition) is 5. The molecule has 0 amide bonds. The third kappa shape index (κ3) is 2.07. The number of anilines is 1. The summed E-state index contributed by atoms with van der Waals surface area (Å²) < 4.78 is 11.1. The van der Waals surface area contributed by atoms with E-state index in [-0.39, 0.29) is 5.54 Å².